The molecular formula is C27H26F3N5O. The molecule has 1 N–H and O–H groups in total. The largest absolute Gasteiger partial charge is 0.451 e. The molecule has 9 heteroatoms. The molecule has 5 rings (SSSR count). The van der Waals surface area contributed by atoms with Gasteiger partial charge in [0.15, 0.2) is 5.82 Å². The van der Waals surface area contributed by atoms with Crippen molar-refractivity contribution in [3.63, 3.8) is 0 Å². The smallest absolute Gasteiger partial charge is 0.339 e. The maximum absolute atomic E-state index is 13.5. The molecule has 2 heterocycles. The van der Waals surface area contributed by atoms with E-state index in [9.17, 15) is 23.2 Å². The number of piperidine rings is 1. The molecule has 6 nitrogen and oxygen atoms in total. The van der Waals surface area contributed by atoms with Crippen molar-refractivity contribution < 1.29 is 18.0 Å². The molecule has 1 aromatic heterocycles. The van der Waals surface area contributed by atoms with Crippen LogP contribution in [-0.4, -0.2) is 39.1 Å². The zero-order chi connectivity index (χ0) is 25.4. The Morgan fingerprint density at radius 1 is 1.06 bits per heavy atom. The number of hydrogen-bond acceptors (Lipinski definition) is 4. The number of halogens is 3. The van der Waals surface area contributed by atoms with E-state index >= 15 is 0 Å². The third-order valence-electron chi connectivity index (χ3n) is 7.49. The predicted molar refractivity (Wildman–Crippen MR) is 127 cm³/mol. The normalized spacial score (nSPS) is 17.0. The van der Waals surface area contributed by atoms with Crippen LogP contribution in [0.1, 0.15) is 82.4 Å². The molecule has 36 heavy (non-hydrogen) atoms. The zero-order valence-electron chi connectivity index (χ0n) is 19.9. The van der Waals surface area contributed by atoms with E-state index in [1.165, 1.54) is 0 Å². The molecule has 0 unspecified atom stereocenters. The van der Waals surface area contributed by atoms with Crippen LogP contribution in [-0.2, 0) is 6.18 Å². The molecule has 1 saturated heterocycles. The van der Waals surface area contributed by atoms with Crippen molar-refractivity contribution in [3.8, 4) is 17.5 Å². The number of amides is 1. The van der Waals surface area contributed by atoms with Crippen molar-refractivity contribution >= 4 is 5.91 Å². The van der Waals surface area contributed by atoms with E-state index < -0.39 is 12.0 Å². The predicted octanol–water partition coefficient (Wildman–Crippen LogP) is 5.96. The molecule has 1 saturated carbocycles. The monoisotopic (exact) mass is 493 g/mol. The van der Waals surface area contributed by atoms with Crippen molar-refractivity contribution in [3.05, 3.63) is 70.0 Å². The Hall–Kier alpha value is -3.67. The number of nitriles is 1. The maximum atomic E-state index is 13.5. The number of nitrogens with one attached hydrogen (secondary N) is 1. The highest BCUT2D eigenvalue weighted by atomic mass is 19.4. The molecule has 0 spiro atoms. The number of rotatable bonds is 4. The van der Waals surface area contributed by atoms with Crippen LogP contribution in [0.15, 0.2) is 36.4 Å². The molecule has 2 aliphatic rings. The summed E-state index contributed by atoms with van der Waals surface area (Å²) >= 11 is 0. The number of likely N-dealkylation sites (tertiary alicyclic amines) is 1. The molecule has 2 fully saturated rings. The molecule has 2 aromatic carbocycles. The van der Waals surface area contributed by atoms with Crippen LogP contribution >= 0.6 is 0 Å². The Morgan fingerprint density at radius 3 is 2.36 bits per heavy atom. The van der Waals surface area contributed by atoms with Crippen LogP contribution in [0.5, 0.6) is 0 Å². The van der Waals surface area contributed by atoms with E-state index in [-0.39, 0.29) is 23.6 Å². The van der Waals surface area contributed by atoms with Gasteiger partial charge in [0.2, 0.25) is 5.82 Å². The lowest BCUT2D eigenvalue weighted by atomic mass is 9.77. The minimum Gasteiger partial charge on any atom is -0.339 e. The molecule has 0 bridgehead atoms. The highest BCUT2D eigenvalue weighted by Crippen LogP contribution is 2.42. The minimum absolute atomic E-state index is 0.0325. The van der Waals surface area contributed by atoms with Gasteiger partial charge < -0.3 is 9.88 Å². The molecule has 1 amide bonds. The van der Waals surface area contributed by atoms with Gasteiger partial charge in [-0.25, -0.2) is 0 Å². The lowest BCUT2D eigenvalue weighted by molar-refractivity contribution is -0.144. The Bertz CT molecular complexity index is 1330. The van der Waals surface area contributed by atoms with Crippen LogP contribution in [0, 0.1) is 18.3 Å². The number of H-pyrrole nitrogens is 1. The van der Waals surface area contributed by atoms with Gasteiger partial charge in [0.1, 0.15) is 0 Å². The summed E-state index contributed by atoms with van der Waals surface area (Å²) in [5, 5.41) is 16.5. The number of carbonyl (C=O) groups excluding carboxylic acids is 1. The Labute approximate surface area is 207 Å². The SMILES string of the molecule is Cc1cc(C2CCC2)c(-c2nnc(C(F)(F)F)[nH]2)cc1C(=O)N1CCC(c2ccccc2C#N)CC1. The second-order valence-corrected chi connectivity index (χ2v) is 9.67. The van der Waals surface area contributed by atoms with Crippen LogP contribution in [0.3, 0.4) is 0 Å². The van der Waals surface area contributed by atoms with E-state index in [4.69, 9.17) is 0 Å². The van der Waals surface area contributed by atoms with Gasteiger partial charge in [-0.05, 0) is 73.3 Å². The first kappa shape index (κ1) is 24.0. The quantitative estimate of drug-likeness (QED) is 0.486. The summed E-state index contributed by atoms with van der Waals surface area (Å²) in [7, 11) is 0. The summed E-state index contributed by atoms with van der Waals surface area (Å²) in [6, 6.07) is 13.4. The van der Waals surface area contributed by atoms with Crippen LogP contribution in [0.2, 0.25) is 0 Å². The number of nitrogens with zero attached hydrogens (tertiary/aromatic N) is 4. The van der Waals surface area contributed by atoms with Gasteiger partial charge in [-0.1, -0.05) is 30.7 Å². The van der Waals surface area contributed by atoms with E-state index in [0.29, 0.717) is 29.8 Å². The fraction of sp³-hybridized carbons (Fsp3) is 0.407. The highest BCUT2D eigenvalue weighted by Gasteiger charge is 2.36. The minimum atomic E-state index is -4.63. The number of benzene rings is 2. The highest BCUT2D eigenvalue weighted by molar-refractivity contribution is 5.97. The van der Waals surface area contributed by atoms with Gasteiger partial charge in [-0.15, -0.1) is 10.2 Å². The first-order valence-corrected chi connectivity index (χ1v) is 12.2. The summed E-state index contributed by atoms with van der Waals surface area (Å²) in [6.45, 7) is 2.96. The third-order valence-corrected chi connectivity index (χ3v) is 7.49. The van der Waals surface area contributed by atoms with Crippen LogP contribution in [0.4, 0.5) is 13.2 Å². The summed E-state index contributed by atoms with van der Waals surface area (Å²) in [5.41, 5.74) is 4.37. The summed E-state index contributed by atoms with van der Waals surface area (Å²) in [6.07, 6.45) is -0.159. The Kier molecular flexibility index (Phi) is 6.29. The fourth-order valence-corrected chi connectivity index (χ4v) is 5.25. The Morgan fingerprint density at radius 2 is 1.75 bits per heavy atom. The molecule has 1 aliphatic carbocycles. The number of alkyl halides is 3. The molecular weight excluding hydrogens is 467 g/mol. The van der Waals surface area contributed by atoms with Gasteiger partial charge in [-0.2, -0.15) is 18.4 Å². The van der Waals surface area contributed by atoms with E-state index in [1.807, 2.05) is 37.3 Å². The molecule has 0 radical (unpaired) electrons. The topological polar surface area (TPSA) is 85.7 Å². The van der Waals surface area contributed by atoms with Crippen LogP contribution < -0.4 is 0 Å². The van der Waals surface area contributed by atoms with Gasteiger partial charge in [-0.3, -0.25) is 4.79 Å². The van der Waals surface area contributed by atoms with Gasteiger partial charge >= 0.3 is 6.18 Å². The summed E-state index contributed by atoms with van der Waals surface area (Å²) in [5.74, 6) is -0.817. The lowest BCUT2D eigenvalue weighted by Gasteiger charge is -2.33. The average molecular weight is 494 g/mol. The fourth-order valence-electron chi connectivity index (χ4n) is 5.25. The molecule has 186 valence electrons. The zero-order valence-corrected chi connectivity index (χ0v) is 19.9. The summed E-state index contributed by atoms with van der Waals surface area (Å²) in [4.78, 5) is 17.7. The van der Waals surface area contributed by atoms with Gasteiger partial charge in [0.25, 0.3) is 5.91 Å². The van der Waals surface area contributed by atoms with Crippen molar-refractivity contribution in [1.82, 2.24) is 20.1 Å². The third kappa shape index (κ3) is 4.48. The van der Waals surface area contributed by atoms with E-state index in [2.05, 4.69) is 21.3 Å². The second kappa shape index (κ2) is 9.41. The second-order valence-electron chi connectivity index (χ2n) is 9.67. The number of aryl methyl sites for hydroxylation is 1. The van der Waals surface area contributed by atoms with Crippen molar-refractivity contribution in [2.75, 3.05) is 13.1 Å². The average Bonchev–Trinajstić information content (AvgIpc) is 3.34. The molecule has 0 atom stereocenters. The number of carbonyl (C=O) groups is 1. The summed E-state index contributed by atoms with van der Waals surface area (Å²) < 4.78 is 39.5. The number of hydrogen-bond donors (Lipinski definition) is 1. The standard InChI is InChI=1S/C27H26F3N5O/c1-16-13-22(17-6-4-7-17)23(24-32-26(34-33-24)27(28,29)30)14-21(16)25(36)35-11-9-18(10-12-35)20-8-3-2-5-19(20)15-31/h2-3,5,8,13-14,17-18H,4,6-7,9-12H2,1H3,(H,32,33,34). The van der Waals surface area contributed by atoms with Gasteiger partial charge in [0.05, 0.1) is 11.6 Å². The molecule has 1 aliphatic heterocycles. The number of aromatic amines is 1. The van der Waals surface area contributed by atoms with Crippen molar-refractivity contribution in [2.24, 2.45) is 0 Å². The van der Waals surface area contributed by atoms with E-state index in [1.54, 1.807) is 11.0 Å². The Balaban J connectivity index is 1.41. The van der Waals surface area contributed by atoms with Crippen LogP contribution in [0.25, 0.3) is 11.4 Å². The maximum Gasteiger partial charge on any atom is 0.451 e. The lowest BCUT2D eigenvalue weighted by Crippen LogP contribution is -2.38. The van der Waals surface area contributed by atoms with E-state index in [0.717, 1.165) is 48.8 Å². The van der Waals surface area contributed by atoms with Crippen molar-refractivity contribution in [1.29, 1.82) is 5.26 Å². The first-order chi connectivity index (χ1) is 17.3. The first-order valence-electron chi connectivity index (χ1n) is 12.2. The number of aromatic nitrogens is 3. The molecule has 3 aromatic rings. The van der Waals surface area contributed by atoms with Gasteiger partial charge in [0, 0.05) is 24.2 Å². The van der Waals surface area contributed by atoms with Crippen molar-refractivity contribution in [2.45, 2.75) is 57.0 Å².